The van der Waals surface area contributed by atoms with E-state index in [1.165, 1.54) is 0 Å². The third-order valence-electron chi connectivity index (χ3n) is 3.18. The molecule has 0 saturated carbocycles. The number of nitrogens with zero attached hydrogens (tertiary/aromatic N) is 3. The average molecular weight is 285 g/mol. The summed E-state index contributed by atoms with van der Waals surface area (Å²) in [5.41, 5.74) is 1.09. The van der Waals surface area contributed by atoms with Crippen molar-refractivity contribution in [3.8, 4) is 0 Å². The SMILES string of the molecule is CC(Nc1nnc(Cl)c2ccccc12)c1cccnc1. The lowest BCUT2D eigenvalue weighted by atomic mass is 10.1. The summed E-state index contributed by atoms with van der Waals surface area (Å²) >= 11 is 6.07. The Labute approximate surface area is 121 Å². The highest BCUT2D eigenvalue weighted by atomic mass is 35.5. The Hall–Kier alpha value is -2.20. The predicted octanol–water partition coefficient (Wildman–Crippen LogP) is 3.85. The Kier molecular flexibility index (Phi) is 3.48. The van der Waals surface area contributed by atoms with Crippen molar-refractivity contribution in [2.24, 2.45) is 0 Å². The van der Waals surface area contributed by atoms with Gasteiger partial charge in [-0.15, -0.1) is 10.2 Å². The van der Waals surface area contributed by atoms with Crippen LogP contribution in [0.5, 0.6) is 0 Å². The lowest BCUT2D eigenvalue weighted by Crippen LogP contribution is -2.09. The van der Waals surface area contributed by atoms with Gasteiger partial charge in [0.15, 0.2) is 11.0 Å². The summed E-state index contributed by atoms with van der Waals surface area (Å²) < 4.78 is 0. The van der Waals surface area contributed by atoms with Gasteiger partial charge in [0.2, 0.25) is 0 Å². The molecule has 0 radical (unpaired) electrons. The lowest BCUT2D eigenvalue weighted by Gasteiger charge is -2.15. The molecule has 0 aliphatic heterocycles. The molecule has 1 N–H and O–H groups in total. The van der Waals surface area contributed by atoms with E-state index in [2.05, 4.69) is 27.4 Å². The first kappa shape index (κ1) is 12.8. The van der Waals surface area contributed by atoms with Gasteiger partial charge < -0.3 is 5.32 Å². The molecule has 100 valence electrons. The molecule has 0 spiro atoms. The van der Waals surface area contributed by atoms with Crippen LogP contribution in [0.4, 0.5) is 5.82 Å². The second-order valence-electron chi connectivity index (χ2n) is 4.54. The fourth-order valence-electron chi connectivity index (χ4n) is 2.10. The Balaban J connectivity index is 1.97. The number of halogens is 1. The van der Waals surface area contributed by atoms with E-state index in [1.807, 2.05) is 42.6 Å². The van der Waals surface area contributed by atoms with Crippen molar-refractivity contribution in [2.75, 3.05) is 5.32 Å². The van der Waals surface area contributed by atoms with Crippen molar-refractivity contribution in [3.05, 3.63) is 59.5 Å². The topological polar surface area (TPSA) is 50.7 Å². The van der Waals surface area contributed by atoms with Gasteiger partial charge in [-0.3, -0.25) is 4.98 Å². The van der Waals surface area contributed by atoms with Crippen LogP contribution in [0, 0.1) is 0 Å². The van der Waals surface area contributed by atoms with Crippen LogP contribution >= 0.6 is 11.6 Å². The fourth-order valence-corrected chi connectivity index (χ4v) is 2.30. The number of pyridine rings is 1. The standard InChI is InChI=1S/C15H13ClN4/c1-10(11-5-4-8-17-9-11)18-15-13-7-3-2-6-12(13)14(16)19-20-15/h2-10H,1H3,(H,18,20). The molecule has 2 aromatic heterocycles. The van der Waals surface area contributed by atoms with E-state index < -0.39 is 0 Å². The van der Waals surface area contributed by atoms with E-state index in [4.69, 9.17) is 11.6 Å². The molecule has 1 aromatic carbocycles. The van der Waals surface area contributed by atoms with Gasteiger partial charge in [0.1, 0.15) is 0 Å². The summed E-state index contributed by atoms with van der Waals surface area (Å²) in [5.74, 6) is 0.723. The Morgan fingerprint density at radius 1 is 1.05 bits per heavy atom. The molecule has 0 amide bonds. The summed E-state index contributed by atoms with van der Waals surface area (Å²) in [6.07, 6.45) is 3.59. The number of nitrogens with one attached hydrogen (secondary N) is 1. The van der Waals surface area contributed by atoms with Gasteiger partial charge in [-0.05, 0) is 18.6 Å². The highest BCUT2D eigenvalue weighted by molar-refractivity contribution is 6.34. The molecule has 1 atom stereocenters. The van der Waals surface area contributed by atoms with Crippen LogP contribution in [0.3, 0.4) is 0 Å². The molecular weight excluding hydrogens is 272 g/mol. The molecular formula is C15H13ClN4. The van der Waals surface area contributed by atoms with Gasteiger partial charge in [-0.2, -0.15) is 0 Å². The quantitative estimate of drug-likeness (QED) is 0.794. The summed E-state index contributed by atoms with van der Waals surface area (Å²) in [6.45, 7) is 2.06. The van der Waals surface area contributed by atoms with Crippen LogP contribution in [-0.2, 0) is 0 Å². The fraction of sp³-hybridized carbons (Fsp3) is 0.133. The lowest BCUT2D eigenvalue weighted by molar-refractivity contribution is 0.858. The molecule has 4 nitrogen and oxygen atoms in total. The maximum Gasteiger partial charge on any atom is 0.159 e. The molecule has 0 aliphatic rings. The average Bonchev–Trinajstić information content (AvgIpc) is 2.51. The Morgan fingerprint density at radius 3 is 2.60 bits per heavy atom. The van der Waals surface area contributed by atoms with E-state index >= 15 is 0 Å². The van der Waals surface area contributed by atoms with Gasteiger partial charge in [0.25, 0.3) is 0 Å². The van der Waals surface area contributed by atoms with Crippen molar-refractivity contribution < 1.29 is 0 Å². The second-order valence-corrected chi connectivity index (χ2v) is 4.90. The highest BCUT2D eigenvalue weighted by Gasteiger charge is 2.11. The van der Waals surface area contributed by atoms with Gasteiger partial charge >= 0.3 is 0 Å². The van der Waals surface area contributed by atoms with Crippen molar-refractivity contribution in [2.45, 2.75) is 13.0 Å². The molecule has 2 heterocycles. The van der Waals surface area contributed by atoms with Crippen LogP contribution in [0.2, 0.25) is 5.15 Å². The monoisotopic (exact) mass is 284 g/mol. The minimum absolute atomic E-state index is 0.0857. The zero-order valence-corrected chi connectivity index (χ0v) is 11.7. The summed E-state index contributed by atoms with van der Waals surface area (Å²) in [5, 5.41) is 13.8. The van der Waals surface area contributed by atoms with Crippen molar-refractivity contribution >= 4 is 28.2 Å². The highest BCUT2D eigenvalue weighted by Crippen LogP contribution is 2.27. The largest absolute Gasteiger partial charge is 0.361 e. The van der Waals surface area contributed by atoms with Gasteiger partial charge in [0, 0.05) is 23.2 Å². The van der Waals surface area contributed by atoms with Gasteiger partial charge in [-0.1, -0.05) is 41.9 Å². The van der Waals surface area contributed by atoms with E-state index in [1.54, 1.807) is 6.20 Å². The molecule has 0 aliphatic carbocycles. The van der Waals surface area contributed by atoms with Crippen LogP contribution in [0.25, 0.3) is 10.8 Å². The van der Waals surface area contributed by atoms with Crippen LogP contribution in [0.1, 0.15) is 18.5 Å². The molecule has 5 heteroatoms. The zero-order chi connectivity index (χ0) is 13.9. The molecule has 1 unspecified atom stereocenters. The van der Waals surface area contributed by atoms with Crippen LogP contribution in [0.15, 0.2) is 48.8 Å². The number of anilines is 1. The third kappa shape index (κ3) is 2.42. The first-order chi connectivity index (χ1) is 9.75. The number of rotatable bonds is 3. The summed E-state index contributed by atoms with van der Waals surface area (Å²) in [7, 11) is 0. The Morgan fingerprint density at radius 2 is 1.85 bits per heavy atom. The molecule has 0 saturated heterocycles. The zero-order valence-electron chi connectivity index (χ0n) is 10.9. The van der Waals surface area contributed by atoms with Gasteiger partial charge in [-0.25, -0.2) is 0 Å². The minimum Gasteiger partial charge on any atom is -0.361 e. The maximum atomic E-state index is 6.07. The first-order valence-electron chi connectivity index (χ1n) is 6.33. The smallest absolute Gasteiger partial charge is 0.159 e. The predicted molar refractivity (Wildman–Crippen MR) is 80.8 cm³/mol. The number of hydrogen-bond acceptors (Lipinski definition) is 4. The third-order valence-corrected chi connectivity index (χ3v) is 3.46. The number of hydrogen-bond donors (Lipinski definition) is 1. The molecule has 3 rings (SSSR count). The number of benzene rings is 1. The van der Waals surface area contributed by atoms with Crippen molar-refractivity contribution in [3.63, 3.8) is 0 Å². The molecule has 3 aromatic rings. The Bertz CT molecular complexity index is 730. The molecule has 20 heavy (non-hydrogen) atoms. The molecule has 0 fully saturated rings. The minimum atomic E-state index is 0.0857. The molecule has 0 bridgehead atoms. The van der Waals surface area contributed by atoms with Crippen LogP contribution < -0.4 is 5.32 Å². The van der Waals surface area contributed by atoms with Gasteiger partial charge in [0.05, 0.1) is 6.04 Å². The number of aromatic nitrogens is 3. The summed E-state index contributed by atoms with van der Waals surface area (Å²) in [4.78, 5) is 4.13. The summed E-state index contributed by atoms with van der Waals surface area (Å²) in [6, 6.07) is 11.8. The van der Waals surface area contributed by atoms with Crippen LogP contribution in [-0.4, -0.2) is 15.2 Å². The van der Waals surface area contributed by atoms with E-state index in [0.29, 0.717) is 5.15 Å². The van der Waals surface area contributed by atoms with E-state index in [-0.39, 0.29) is 6.04 Å². The van der Waals surface area contributed by atoms with Crippen molar-refractivity contribution in [1.29, 1.82) is 0 Å². The van der Waals surface area contributed by atoms with Crippen molar-refractivity contribution in [1.82, 2.24) is 15.2 Å². The number of fused-ring (bicyclic) bond motifs is 1. The van der Waals surface area contributed by atoms with E-state index in [0.717, 1.165) is 22.2 Å². The van der Waals surface area contributed by atoms with E-state index in [9.17, 15) is 0 Å². The maximum absolute atomic E-state index is 6.07. The second kappa shape index (κ2) is 5.43. The first-order valence-corrected chi connectivity index (χ1v) is 6.71. The normalized spacial score (nSPS) is 12.3.